The van der Waals surface area contributed by atoms with Gasteiger partial charge in [-0.3, -0.25) is 9.52 Å². The molecular formula is C21H19BrN2O4S. The number of hydrogen-bond acceptors (Lipinski definition) is 4. The Morgan fingerprint density at radius 2 is 1.66 bits per heavy atom. The van der Waals surface area contributed by atoms with Crippen molar-refractivity contribution in [3.63, 3.8) is 0 Å². The fraction of sp³-hybridized carbons (Fsp3) is 0.0952. The van der Waals surface area contributed by atoms with Crippen molar-refractivity contribution in [3.8, 4) is 5.75 Å². The smallest absolute Gasteiger partial charge is 0.262 e. The fourth-order valence-electron chi connectivity index (χ4n) is 2.72. The molecule has 2 N–H and O–H groups in total. The van der Waals surface area contributed by atoms with E-state index in [0.29, 0.717) is 21.5 Å². The van der Waals surface area contributed by atoms with Gasteiger partial charge in [-0.25, -0.2) is 8.42 Å². The highest BCUT2D eigenvalue weighted by Gasteiger charge is 2.19. The van der Waals surface area contributed by atoms with Crippen LogP contribution < -0.4 is 14.8 Å². The lowest BCUT2D eigenvalue weighted by Gasteiger charge is -2.14. The van der Waals surface area contributed by atoms with Gasteiger partial charge in [0.15, 0.2) is 0 Å². The molecule has 0 aliphatic heterocycles. The molecule has 29 heavy (non-hydrogen) atoms. The van der Waals surface area contributed by atoms with Gasteiger partial charge in [-0.1, -0.05) is 30.3 Å². The zero-order chi connectivity index (χ0) is 21.0. The first-order chi connectivity index (χ1) is 13.8. The molecule has 6 nitrogen and oxygen atoms in total. The summed E-state index contributed by atoms with van der Waals surface area (Å²) in [6.45, 7) is 1.83. The maximum absolute atomic E-state index is 12.8. The molecule has 3 aromatic carbocycles. The number of carbonyl (C=O) groups excluding carboxylic acids is 1. The van der Waals surface area contributed by atoms with Crippen LogP contribution in [-0.2, 0) is 10.0 Å². The number of benzene rings is 3. The Bertz CT molecular complexity index is 1160. The number of halogens is 1. The summed E-state index contributed by atoms with van der Waals surface area (Å²) >= 11 is 3.32. The Morgan fingerprint density at radius 3 is 2.34 bits per heavy atom. The van der Waals surface area contributed by atoms with Gasteiger partial charge in [0.2, 0.25) is 0 Å². The molecule has 1 amide bonds. The van der Waals surface area contributed by atoms with E-state index in [1.165, 1.54) is 25.3 Å². The van der Waals surface area contributed by atoms with E-state index in [-0.39, 0.29) is 16.5 Å². The summed E-state index contributed by atoms with van der Waals surface area (Å²) in [5.74, 6) is 0.00138. The van der Waals surface area contributed by atoms with E-state index in [4.69, 9.17) is 4.74 Å². The highest BCUT2D eigenvalue weighted by Crippen LogP contribution is 2.30. The number of aryl methyl sites for hydroxylation is 1. The third-order valence-corrected chi connectivity index (χ3v) is 6.29. The van der Waals surface area contributed by atoms with Gasteiger partial charge in [-0.2, -0.15) is 0 Å². The molecule has 8 heteroatoms. The van der Waals surface area contributed by atoms with Crippen LogP contribution in [0.2, 0.25) is 0 Å². The van der Waals surface area contributed by atoms with E-state index in [0.717, 1.165) is 5.56 Å². The molecule has 0 atom stereocenters. The number of methoxy groups -OCH3 is 1. The number of sulfonamides is 1. The predicted octanol–water partition coefficient (Wildman–Crippen LogP) is 4.82. The van der Waals surface area contributed by atoms with Crippen molar-refractivity contribution >= 4 is 43.2 Å². The summed E-state index contributed by atoms with van der Waals surface area (Å²) in [4.78, 5) is 12.7. The molecule has 0 spiro atoms. The second-order valence-electron chi connectivity index (χ2n) is 6.22. The molecule has 0 heterocycles. The van der Waals surface area contributed by atoms with Gasteiger partial charge >= 0.3 is 0 Å². The van der Waals surface area contributed by atoms with E-state index in [9.17, 15) is 13.2 Å². The number of hydrogen-bond donors (Lipinski definition) is 2. The van der Waals surface area contributed by atoms with Gasteiger partial charge in [0, 0.05) is 10.0 Å². The van der Waals surface area contributed by atoms with E-state index in [2.05, 4.69) is 26.0 Å². The first-order valence-electron chi connectivity index (χ1n) is 8.64. The SMILES string of the molecule is COc1ccc(S(=O)(=O)Nc2ccccc2Br)cc1NC(=O)c1ccccc1C. The quantitative estimate of drug-likeness (QED) is 0.536. The number of amides is 1. The minimum absolute atomic E-state index is 0.00543. The molecule has 0 aliphatic rings. The van der Waals surface area contributed by atoms with E-state index >= 15 is 0 Å². The Hall–Kier alpha value is -2.84. The maximum atomic E-state index is 12.8. The van der Waals surface area contributed by atoms with Crippen LogP contribution in [0.25, 0.3) is 0 Å². The molecule has 0 aromatic heterocycles. The molecule has 3 rings (SSSR count). The van der Waals surface area contributed by atoms with Crippen molar-refractivity contribution in [1.82, 2.24) is 0 Å². The van der Waals surface area contributed by atoms with Crippen molar-refractivity contribution in [2.75, 3.05) is 17.1 Å². The molecular weight excluding hydrogens is 456 g/mol. The number of rotatable bonds is 6. The summed E-state index contributed by atoms with van der Waals surface area (Å²) in [6, 6.07) is 18.3. The number of ether oxygens (including phenoxy) is 1. The van der Waals surface area contributed by atoms with Crippen molar-refractivity contribution < 1.29 is 17.9 Å². The molecule has 0 unspecified atom stereocenters. The van der Waals surface area contributed by atoms with Gasteiger partial charge in [0.1, 0.15) is 5.75 Å². The summed E-state index contributed by atoms with van der Waals surface area (Å²) in [5, 5.41) is 2.74. The van der Waals surface area contributed by atoms with Crippen molar-refractivity contribution in [3.05, 3.63) is 82.3 Å². The summed E-state index contributed by atoms with van der Waals surface area (Å²) in [6.07, 6.45) is 0. The maximum Gasteiger partial charge on any atom is 0.262 e. The molecule has 0 radical (unpaired) electrons. The monoisotopic (exact) mass is 474 g/mol. The average Bonchev–Trinajstić information content (AvgIpc) is 2.70. The molecule has 0 saturated carbocycles. The zero-order valence-corrected chi connectivity index (χ0v) is 18.2. The second kappa shape index (κ2) is 8.67. The van der Waals surface area contributed by atoms with Crippen LogP contribution >= 0.6 is 15.9 Å². The molecule has 0 saturated heterocycles. The molecule has 0 bridgehead atoms. The third kappa shape index (κ3) is 4.78. The molecule has 0 aliphatic carbocycles. The highest BCUT2D eigenvalue weighted by molar-refractivity contribution is 9.10. The van der Waals surface area contributed by atoms with Crippen LogP contribution in [0.1, 0.15) is 15.9 Å². The number of anilines is 2. The van der Waals surface area contributed by atoms with E-state index in [1.54, 1.807) is 36.4 Å². The number of para-hydroxylation sites is 1. The van der Waals surface area contributed by atoms with Gasteiger partial charge in [0.25, 0.3) is 15.9 Å². The van der Waals surface area contributed by atoms with Crippen LogP contribution in [0.15, 0.2) is 76.1 Å². The summed E-state index contributed by atoms with van der Waals surface area (Å²) < 4.78 is 34.1. The third-order valence-electron chi connectivity index (χ3n) is 4.24. The van der Waals surface area contributed by atoms with Crippen LogP contribution in [0.4, 0.5) is 11.4 Å². The van der Waals surface area contributed by atoms with Crippen molar-refractivity contribution in [1.29, 1.82) is 0 Å². The van der Waals surface area contributed by atoms with Crippen LogP contribution in [0.5, 0.6) is 5.75 Å². The second-order valence-corrected chi connectivity index (χ2v) is 8.75. The normalized spacial score (nSPS) is 11.0. The minimum atomic E-state index is -3.88. The van der Waals surface area contributed by atoms with Gasteiger partial charge in [-0.15, -0.1) is 0 Å². The standard InChI is InChI=1S/C21H19BrN2O4S/c1-14-7-3-4-8-16(14)21(25)23-19-13-15(11-12-20(19)28-2)29(26,27)24-18-10-6-5-9-17(18)22/h3-13,24H,1-2H3,(H,23,25). The van der Waals surface area contributed by atoms with Crippen LogP contribution in [0, 0.1) is 6.92 Å². The van der Waals surface area contributed by atoms with Gasteiger partial charge in [-0.05, 0) is 64.8 Å². The zero-order valence-electron chi connectivity index (χ0n) is 15.8. The van der Waals surface area contributed by atoms with Crippen LogP contribution in [0.3, 0.4) is 0 Å². The van der Waals surface area contributed by atoms with Gasteiger partial charge in [0.05, 0.1) is 23.4 Å². The Kier molecular flexibility index (Phi) is 6.24. The minimum Gasteiger partial charge on any atom is -0.495 e. The largest absolute Gasteiger partial charge is 0.495 e. The Labute approximate surface area is 178 Å². The molecule has 3 aromatic rings. The first kappa shape index (κ1) is 20.9. The van der Waals surface area contributed by atoms with Crippen molar-refractivity contribution in [2.24, 2.45) is 0 Å². The van der Waals surface area contributed by atoms with E-state index < -0.39 is 10.0 Å². The van der Waals surface area contributed by atoms with Crippen molar-refractivity contribution in [2.45, 2.75) is 11.8 Å². The summed E-state index contributed by atoms with van der Waals surface area (Å²) in [5.41, 5.74) is 1.97. The Balaban J connectivity index is 1.93. The fourth-order valence-corrected chi connectivity index (χ4v) is 4.34. The van der Waals surface area contributed by atoms with Gasteiger partial charge < -0.3 is 10.1 Å². The number of nitrogens with one attached hydrogen (secondary N) is 2. The highest BCUT2D eigenvalue weighted by atomic mass is 79.9. The molecule has 0 fully saturated rings. The average molecular weight is 475 g/mol. The number of carbonyl (C=O) groups is 1. The Morgan fingerprint density at radius 1 is 0.966 bits per heavy atom. The van der Waals surface area contributed by atoms with Crippen LogP contribution in [-0.4, -0.2) is 21.4 Å². The predicted molar refractivity (Wildman–Crippen MR) is 117 cm³/mol. The lowest BCUT2D eigenvalue weighted by molar-refractivity contribution is 0.102. The topological polar surface area (TPSA) is 84.5 Å². The van der Waals surface area contributed by atoms with E-state index in [1.807, 2.05) is 19.1 Å². The summed E-state index contributed by atoms with van der Waals surface area (Å²) in [7, 11) is -2.43. The lowest BCUT2D eigenvalue weighted by atomic mass is 10.1. The molecule has 150 valence electrons. The first-order valence-corrected chi connectivity index (χ1v) is 10.9. The lowest BCUT2D eigenvalue weighted by Crippen LogP contribution is -2.16.